The Morgan fingerprint density at radius 2 is 1.91 bits per heavy atom. The fourth-order valence-corrected chi connectivity index (χ4v) is 8.40. The number of aliphatic hydroxyl groups excluding tert-OH is 2. The van der Waals surface area contributed by atoms with Crippen LogP contribution in [0.15, 0.2) is 40.9 Å². The van der Waals surface area contributed by atoms with Crippen LogP contribution in [0.2, 0.25) is 0 Å². The molecular formula is C33H34N2O10. The van der Waals surface area contributed by atoms with Gasteiger partial charge in [-0.05, 0) is 63.0 Å². The molecule has 2 aromatic carbocycles. The van der Waals surface area contributed by atoms with E-state index < -0.39 is 65.1 Å². The second-order valence-electron chi connectivity index (χ2n) is 13.3. The predicted octanol–water partition coefficient (Wildman–Crippen LogP) is 1.84. The summed E-state index contributed by atoms with van der Waals surface area (Å²) in [4.78, 5) is 32.2. The van der Waals surface area contributed by atoms with Gasteiger partial charge in [0.05, 0.1) is 35.0 Å². The van der Waals surface area contributed by atoms with E-state index >= 15 is 0 Å². The Kier molecular flexibility index (Phi) is 5.90. The lowest BCUT2D eigenvalue weighted by Crippen LogP contribution is -2.64. The highest BCUT2D eigenvalue weighted by Gasteiger charge is 2.65. The average Bonchev–Trinajstić information content (AvgIpc) is 3.62. The highest BCUT2D eigenvalue weighted by molar-refractivity contribution is 6.30. The molecule has 12 heteroatoms. The first-order chi connectivity index (χ1) is 21.3. The van der Waals surface area contributed by atoms with Gasteiger partial charge in [-0.25, -0.2) is 0 Å². The molecule has 0 saturated carbocycles. The van der Waals surface area contributed by atoms with Gasteiger partial charge >= 0.3 is 0 Å². The van der Waals surface area contributed by atoms with Crippen molar-refractivity contribution in [2.45, 2.75) is 93.6 Å². The van der Waals surface area contributed by atoms with Crippen LogP contribution in [0.25, 0.3) is 0 Å². The summed E-state index contributed by atoms with van der Waals surface area (Å²) in [5.74, 6) is -1.69. The van der Waals surface area contributed by atoms with E-state index in [0.29, 0.717) is 29.9 Å². The van der Waals surface area contributed by atoms with Gasteiger partial charge in [0, 0.05) is 35.6 Å². The third-order valence-electron chi connectivity index (χ3n) is 10.6. The monoisotopic (exact) mass is 618 g/mol. The van der Waals surface area contributed by atoms with E-state index in [1.54, 1.807) is 0 Å². The van der Waals surface area contributed by atoms with E-state index in [0.717, 1.165) is 12.0 Å². The molecule has 9 atom stereocenters. The molecule has 0 aromatic heterocycles. The van der Waals surface area contributed by atoms with E-state index in [2.05, 4.69) is 10.3 Å². The molecule has 12 nitrogen and oxygen atoms in total. The SMILES string of the molecule is CC(O)C1(O)C(O)CC(O[C@@H]2c3cc4c(c(O)c3C3C[C@@]2(C)OC32C=C3CCN=C3N2)C(=O)c2cccc(O)c2C4=O)OC1C. The van der Waals surface area contributed by atoms with Crippen molar-refractivity contribution in [3.63, 3.8) is 0 Å². The van der Waals surface area contributed by atoms with Gasteiger partial charge in [-0.2, -0.15) is 0 Å². The molecule has 45 heavy (non-hydrogen) atoms. The first kappa shape index (κ1) is 28.8. The summed E-state index contributed by atoms with van der Waals surface area (Å²) in [5, 5.41) is 58.1. The lowest BCUT2D eigenvalue weighted by atomic mass is 9.69. The molecule has 0 radical (unpaired) electrons. The zero-order valence-corrected chi connectivity index (χ0v) is 24.9. The summed E-state index contributed by atoms with van der Waals surface area (Å²) in [6, 6.07) is 5.79. The summed E-state index contributed by atoms with van der Waals surface area (Å²) in [7, 11) is 0. The molecule has 6 N–H and O–H groups in total. The van der Waals surface area contributed by atoms with Gasteiger partial charge in [-0.15, -0.1) is 0 Å². The van der Waals surface area contributed by atoms with Gasteiger partial charge in [0.1, 0.15) is 29.0 Å². The largest absolute Gasteiger partial charge is 0.507 e. The Morgan fingerprint density at radius 1 is 1.16 bits per heavy atom. The Hall–Kier alpha value is -3.65. The van der Waals surface area contributed by atoms with Crippen LogP contribution in [0, 0.1) is 0 Å². The number of nitrogens with zero attached hydrogens (tertiary/aromatic N) is 1. The lowest BCUT2D eigenvalue weighted by Gasteiger charge is -2.48. The van der Waals surface area contributed by atoms with Crippen molar-refractivity contribution < 1.29 is 49.3 Å². The number of amidine groups is 1. The first-order valence-electron chi connectivity index (χ1n) is 15.2. The smallest absolute Gasteiger partial charge is 0.198 e. The maximum atomic E-state index is 13.8. The molecule has 7 unspecified atom stereocenters. The van der Waals surface area contributed by atoms with Gasteiger partial charge in [-0.3, -0.25) is 14.6 Å². The maximum Gasteiger partial charge on any atom is 0.198 e. The van der Waals surface area contributed by atoms with E-state index in [9.17, 15) is 35.1 Å². The number of phenols is 2. The van der Waals surface area contributed by atoms with Crippen molar-refractivity contribution in [3.8, 4) is 11.5 Å². The van der Waals surface area contributed by atoms with Crippen molar-refractivity contribution >= 4 is 17.4 Å². The highest BCUT2D eigenvalue weighted by Crippen LogP contribution is 2.63. The molecule has 6 aliphatic rings. The standard InChI is InChI=1S/C33H34N2O10/c1-13(36)33(42)14(2)43-22(10-21(33)38)44-29-18-9-17-25(26(39)16-5-4-6-20(37)24(16)27(17)40)28(41)23(18)19-12-31(29,3)45-32(19)11-15-7-8-34-30(15)35-32/h4-6,9,11,13-14,19,21-22,29,36-38,41-42H,7-8,10,12H2,1-3H3,(H,34,35)/t13?,14?,19?,21?,22?,29-,31-,32?,33?/m1/s1. The molecule has 1 spiro atoms. The van der Waals surface area contributed by atoms with Gasteiger partial charge in [0.15, 0.2) is 23.6 Å². The average molecular weight is 619 g/mol. The number of aliphatic imine (C=N–C) groups is 1. The van der Waals surface area contributed by atoms with E-state index in [1.165, 1.54) is 38.1 Å². The number of benzene rings is 2. The Labute approximate surface area is 258 Å². The highest BCUT2D eigenvalue weighted by atomic mass is 16.7. The third kappa shape index (κ3) is 3.66. The fourth-order valence-electron chi connectivity index (χ4n) is 8.40. The van der Waals surface area contributed by atoms with Crippen molar-refractivity contribution in [1.29, 1.82) is 0 Å². The van der Waals surface area contributed by atoms with E-state index in [-0.39, 0.29) is 40.2 Å². The van der Waals surface area contributed by atoms with Crippen LogP contribution in [-0.4, -0.2) is 91.0 Å². The summed E-state index contributed by atoms with van der Waals surface area (Å²) < 4.78 is 19.4. The number of carbonyl (C=O) groups is 2. The quantitative estimate of drug-likeness (QED) is 0.251. The van der Waals surface area contributed by atoms with Gasteiger partial charge in [-0.1, -0.05) is 12.1 Å². The minimum Gasteiger partial charge on any atom is -0.507 e. The molecule has 2 bridgehead atoms. The molecule has 4 aliphatic heterocycles. The molecule has 2 saturated heterocycles. The number of ether oxygens (including phenoxy) is 3. The number of hydrogen-bond donors (Lipinski definition) is 6. The molecule has 2 fully saturated rings. The minimum atomic E-state index is -1.93. The molecule has 2 aliphatic carbocycles. The molecule has 2 aromatic rings. The zero-order chi connectivity index (χ0) is 31.8. The Bertz CT molecular complexity index is 1750. The van der Waals surface area contributed by atoms with Gasteiger partial charge < -0.3 is 45.1 Å². The van der Waals surface area contributed by atoms with Crippen LogP contribution in [0.5, 0.6) is 11.5 Å². The number of ketones is 2. The summed E-state index contributed by atoms with van der Waals surface area (Å²) >= 11 is 0. The minimum absolute atomic E-state index is 0.00256. The van der Waals surface area contributed by atoms with Crippen molar-refractivity contribution in [2.75, 3.05) is 6.54 Å². The van der Waals surface area contributed by atoms with E-state index in [1.807, 2.05) is 13.0 Å². The number of hydrogen-bond acceptors (Lipinski definition) is 12. The zero-order valence-electron chi connectivity index (χ0n) is 24.9. The van der Waals surface area contributed by atoms with Crippen LogP contribution >= 0.6 is 0 Å². The van der Waals surface area contributed by atoms with Crippen LogP contribution in [0.3, 0.4) is 0 Å². The molecule has 8 rings (SSSR count). The van der Waals surface area contributed by atoms with Crippen molar-refractivity contribution in [2.24, 2.45) is 4.99 Å². The van der Waals surface area contributed by atoms with Gasteiger partial charge in [0.25, 0.3) is 0 Å². The summed E-state index contributed by atoms with van der Waals surface area (Å²) in [6.07, 6.45) is -2.86. The summed E-state index contributed by atoms with van der Waals surface area (Å²) in [6.45, 7) is 5.41. The molecule has 4 heterocycles. The maximum absolute atomic E-state index is 13.8. The Balaban J connectivity index is 1.28. The predicted molar refractivity (Wildman–Crippen MR) is 156 cm³/mol. The van der Waals surface area contributed by atoms with Crippen LogP contribution in [0.1, 0.15) is 95.0 Å². The second kappa shape index (κ2) is 9.21. The lowest BCUT2D eigenvalue weighted by molar-refractivity contribution is -0.321. The first-order valence-corrected chi connectivity index (χ1v) is 15.2. The number of fused-ring (bicyclic) bond motifs is 8. The van der Waals surface area contributed by atoms with Gasteiger partial charge in [0.2, 0.25) is 0 Å². The van der Waals surface area contributed by atoms with Crippen LogP contribution < -0.4 is 5.32 Å². The number of phenolic OH excluding ortho intramolecular Hbond substituents is 2. The molecular weight excluding hydrogens is 584 g/mol. The number of aromatic hydroxyl groups is 2. The third-order valence-corrected chi connectivity index (χ3v) is 10.6. The second-order valence-corrected chi connectivity index (χ2v) is 13.3. The molecule has 236 valence electrons. The van der Waals surface area contributed by atoms with Crippen molar-refractivity contribution in [1.82, 2.24) is 5.32 Å². The molecule has 0 amide bonds. The number of rotatable bonds is 3. The van der Waals surface area contributed by atoms with E-state index in [4.69, 9.17) is 14.2 Å². The normalized spacial score (nSPS) is 38.2. The number of aliphatic hydroxyl groups is 3. The van der Waals surface area contributed by atoms with Crippen LogP contribution in [0.4, 0.5) is 0 Å². The number of nitrogens with one attached hydrogen (secondary N) is 1. The van der Waals surface area contributed by atoms with Crippen molar-refractivity contribution in [3.05, 3.63) is 69.3 Å². The number of carbonyl (C=O) groups excluding carboxylic acids is 2. The topological polar surface area (TPSA) is 187 Å². The van der Waals surface area contributed by atoms with Crippen LogP contribution in [-0.2, 0) is 14.2 Å². The fraction of sp³-hybridized carbons (Fsp3) is 0.485. The Morgan fingerprint density at radius 3 is 2.62 bits per heavy atom. The summed E-state index contributed by atoms with van der Waals surface area (Å²) in [5.41, 5.74) is -2.68.